The molecule has 0 N–H and O–H groups in total. The fraction of sp³-hybridized carbons (Fsp3) is 0.400. The fourth-order valence-electron chi connectivity index (χ4n) is 3.51. The van der Waals surface area contributed by atoms with Gasteiger partial charge in [-0.05, 0) is 13.0 Å². The maximum absolute atomic E-state index is 13.2. The molecule has 0 spiro atoms. The minimum atomic E-state index is -0.0989. The largest absolute Gasteiger partial charge is 0.461 e. The molecule has 0 saturated carbocycles. The summed E-state index contributed by atoms with van der Waals surface area (Å²) in [5, 5.41) is 4.00. The topological polar surface area (TPSA) is 55.6 Å². The number of furan rings is 1. The third kappa shape index (κ3) is 3.15. The highest BCUT2D eigenvalue weighted by Gasteiger charge is 2.31. The van der Waals surface area contributed by atoms with Crippen molar-refractivity contribution in [2.24, 2.45) is 0 Å². The molecule has 26 heavy (non-hydrogen) atoms. The molecule has 1 atom stereocenters. The van der Waals surface area contributed by atoms with Crippen molar-refractivity contribution in [3.8, 4) is 0 Å². The summed E-state index contributed by atoms with van der Waals surface area (Å²) in [4.78, 5) is 19.7. The van der Waals surface area contributed by atoms with Gasteiger partial charge in [-0.1, -0.05) is 25.1 Å². The van der Waals surface area contributed by atoms with Gasteiger partial charge < -0.3 is 14.1 Å². The zero-order valence-electron chi connectivity index (χ0n) is 15.0. The van der Waals surface area contributed by atoms with Gasteiger partial charge in [-0.25, -0.2) is 4.98 Å². The van der Waals surface area contributed by atoms with Crippen LogP contribution in [0.15, 0.2) is 34.1 Å². The molecule has 1 aromatic carbocycles. The SMILES string of the molecule is CCc1oc2ccccc2c1CC(=O)N1CCOCC1c1nc(C)cs1. The van der Waals surface area contributed by atoms with E-state index in [1.807, 2.05) is 41.5 Å². The van der Waals surface area contributed by atoms with Crippen molar-refractivity contribution in [1.82, 2.24) is 9.88 Å². The molecule has 1 aliphatic heterocycles. The first-order valence-corrected chi connectivity index (χ1v) is 9.84. The predicted molar refractivity (Wildman–Crippen MR) is 101 cm³/mol. The lowest BCUT2D eigenvalue weighted by molar-refractivity contribution is -0.139. The maximum Gasteiger partial charge on any atom is 0.227 e. The van der Waals surface area contributed by atoms with Crippen molar-refractivity contribution in [1.29, 1.82) is 0 Å². The molecule has 6 heteroatoms. The van der Waals surface area contributed by atoms with Crippen molar-refractivity contribution in [3.05, 3.63) is 51.7 Å². The highest BCUT2D eigenvalue weighted by Crippen LogP contribution is 2.30. The number of benzene rings is 1. The van der Waals surface area contributed by atoms with Gasteiger partial charge in [0, 0.05) is 35.0 Å². The first kappa shape index (κ1) is 17.2. The number of para-hydroxylation sites is 1. The Bertz CT molecular complexity index is 930. The molecule has 1 saturated heterocycles. The summed E-state index contributed by atoms with van der Waals surface area (Å²) >= 11 is 1.59. The molecule has 136 valence electrons. The molecule has 1 aliphatic rings. The van der Waals surface area contributed by atoms with Gasteiger partial charge in [0.1, 0.15) is 22.4 Å². The van der Waals surface area contributed by atoms with Crippen LogP contribution in [0.2, 0.25) is 0 Å². The van der Waals surface area contributed by atoms with E-state index in [2.05, 4.69) is 11.9 Å². The van der Waals surface area contributed by atoms with Crippen LogP contribution in [0, 0.1) is 6.92 Å². The number of carbonyl (C=O) groups excluding carboxylic acids is 1. The predicted octanol–water partition coefficient (Wildman–Crippen LogP) is 3.90. The van der Waals surface area contributed by atoms with Gasteiger partial charge in [-0.15, -0.1) is 11.3 Å². The molecule has 2 aromatic heterocycles. The third-order valence-corrected chi connectivity index (χ3v) is 5.87. The summed E-state index contributed by atoms with van der Waals surface area (Å²) in [6.45, 7) is 5.70. The van der Waals surface area contributed by atoms with E-state index in [0.29, 0.717) is 26.2 Å². The Morgan fingerprint density at radius 3 is 3.00 bits per heavy atom. The van der Waals surface area contributed by atoms with Gasteiger partial charge in [0.15, 0.2) is 0 Å². The molecular formula is C20H22N2O3S. The van der Waals surface area contributed by atoms with Gasteiger partial charge >= 0.3 is 0 Å². The number of amides is 1. The summed E-state index contributed by atoms with van der Waals surface area (Å²) in [7, 11) is 0. The minimum absolute atomic E-state index is 0.0989. The van der Waals surface area contributed by atoms with Crippen LogP contribution in [0.5, 0.6) is 0 Å². The summed E-state index contributed by atoms with van der Waals surface area (Å²) in [5.41, 5.74) is 2.84. The lowest BCUT2D eigenvalue weighted by Crippen LogP contribution is -2.44. The number of hydrogen-bond donors (Lipinski definition) is 0. The van der Waals surface area contributed by atoms with Gasteiger partial charge in [0.05, 0.1) is 19.6 Å². The number of carbonyl (C=O) groups is 1. The van der Waals surface area contributed by atoms with Crippen LogP contribution in [0.1, 0.15) is 35.0 Å². The summed E-state index contributed by atoms with van der Waals surface area (Å²) in [6, 6.07) is 7.83. The lowest BCUT2D eigenvalue weighted by Gasteiger charge is -2.34. The third-order valence-electron chi connectivity index (χ3n) is 4.80. The molecule has 3 heterocycles. The van der Waals surface area contributed by atoms with Crippen LogP contribution >= 0.6 is 11.3 Å². The van der Waals surface area contributed by atoms with Gasteiger partial charge in [-0.3, -0.25) is 4.79 Å². The van der Waals surface area contributed by atoms with Gasteiger partial charge in [-0.2, -0.15) is 0 Å². The number of fused-ring (bicyclic) bond motifs is 1. The van der Waals surface area contributed by atoms with Crippen molar-refractivity contribution in [2.45, 2.75) is 32.7 Å². The Balaban J connectivity index is 1.63. The quantitative estimate of drug-likeness (QED) is 0.699. The number of morpholine rings is 1. The zero-order valence-corrected chi connectivity index (χ0v) is 15.8. The van der Waals surface area contributed by atoms with E-state index >= 15 is 0 Å². The van der Waals surface area contributed by atoms with E-state index < -0.39 is 0 Å². The highest BCUT2D eigenvalue weighted by atomic mass is 32.1. The molecule has 0 bridgehead atoms. The Kier molecular flexibility index (Phi) is 4.78. The molecule has 3 aromatic rings. The maximum atomic E-state index is 13.2. The van der Waals surface area contributed by atoms with Crippen LogP contribution in [0.3, 0.4) is 0 Å². The molecule has 1 unspecified atom stereocenters. The average molecular weight is 370 g/mol. The molecule has 1 amide bonds. The summed E-state index contributed by atoms with van der Waals surface area (Å²) < 4.78 is 11.6. The second kappa shape index (κ2) is 7.21. The lowest BCUT2D eigenvalue weighted by atomic mass is 10.0. The molecule has 0 radical (unpaired) electrons. The van der Waals surface area contributed by atoms with E-state index in [1.54, 1.807) is 11.3 Å². The zero-order chi connectivity index (χ0) is 18.1. The highest BCUT2D eigenvalue weighted by molar-refractivity contribution is 7.09. The van der Waals surface area contributed by atoms with E-state index in [1.165, 1.54) is 0 Å². The number of aryl methyl sites for hydroxylation is 2. The Hall–Kier alpha value is -2.18. The number of hydrogen-bond acceptors (Lipinski definition) is 5. The first-order valence-electron chi connectivity index (χ1n) is 8.96. The van der Waals surface area contributed by atoms with Crippen molar-refractivity contribution < 1.29 is 13.9 Å². The smallest absolute Gasteiger partial charge is 0.227 e. The Labute approximate surface area is 156 Å². The Morgan fingerprint density at radius 2 is 2.23 bits per heavy atom. The van der Waals surface area contributed by atoms with Crippen molar-refractivity contribution in [2.75, 3.05) is 19.8 Å². The molecule has 5 nitrogen and oxygen atoms in total. The normalized spacial score (nSPS) is 17.8. The number of thiazole rings is 1. The minimum Gasteiger partial charge on any atom is -0.461 e. The number of rotatable bonds is 4. The fourth-order valence-corrected chi connectivity index (χ4v) is 4.41. The van der Waals surface area contributed by atoms with Crippen LogP contribution in [0.4, 0.5) is 0 Å². The second-order valence-corrected chi connectivity index (χ2v) is 7.42. The number of nitrogens with zero attached hydrogens (tertiary/aromatic N) is 2. The van der Waals surface area contributed by atoms with Gasteiger partial charge in [0.25, 0.3) is 0 Å². The van der Waals surface area contributed by atoms with E-state index in [-0.39, 0.29) is 11.9 Å². The summed E-state index contributed by atoms with van der Waals surface area (Å²) in [6.07, 6.45) is 1.12. The molecule has 1 fully saturated rings. The standard InChI is InChI=1S/C20H22N2O3S/c1-3-17-15(14-6-4-5-7-18(14)25-17)10-19(23)22-8-9-24-11-16(22)20-21-13(2)12-26-20/h4-7,12,16H,3,8-11H2,1-2H3. The second-order valence-electron chi connectivity index (χ2n) is 6.54. The van der Waals surface area contributed by atoms with Crippen molar-refractivity contribution >= 4 is 28.2 Å². The molecular weight excluding hydrogens is 348 g/mol. The van der Waals surface area contributed by atoms with E-state index in [0.717, 1.165) is 39.4 Å². The van der Waals surface area contributed by atoms with Crippen molar-refractivity contribution in [3.63, 3.8) is 0 Å². The monoisotopic (exact) mass is 370 g/mol. The van der Waals surface area contributed by atoms with E-state index in [9.17, 15) is 4.79 Å². The molecule has 4 rings (SSSR count). The number of aromatic nitrogens is 1. The van der Waals surface area contributed by atoms with Crippen LogP contribution in [0.25, 0.3) is 11.0 Å². The van der Waals surface area contributed by atoms with Crippen LogP contribution in [-0.4, -0.2) is 35.5 Å². The van der Waals surface area contributed by atoms with E-state index in [4.69, 9.17) is 9.15 Å². The number of ether oxygens (including phenoxy) is 1. The Morgan fingerprint density at radius 1 is 1.38 bits per heavy atom. The average Bonchev–Trinajstić information content (AvgIpc) is 3.25. The van der Waals surface area contributed by atoms with Crippen LogP contribution < -0.4 is 0 Å². The molecule has 0 aliphatic carbocycles. The van der Waals surface area contributed by atoms with Gasteiger partial charge in [0.2, 0.25) is 5.91 Å². The van der Waals surface area contributed by atoms with Crippen LogP contribution in [-0.2, 0) is 22.4 Å². The first-order chi connectivity index (χ1) is 12.7. The summed E-state index contributed by atoms with van der Waals surface area (Å²) in [5.74, 6) is 1.00.